The second-order valence-electron chi connectivity index (χ2n) is 4.72. The standard InChI is InChI=1S/C13H15Cl2NO4/c1-8(2)4-3-5-20-13(17)9-6-10(14)12(15)11(7-9)16(18)19/h6-8H,3-5H2,1-2H3. The summed E-state index contributed by atoms with van der Waals surface area (Å²) in [6.07, 6.45) is 1.68. The summed E-state index contributed by atoms with van der Waals surface area (Å²) in [5.41, 5.74) is -0.385. The molecular weight excluding hydrogens is 305 g/mol. The van der Waals surface area contributed by atoms with Gasteiger partial charge in [0.05, 0.1) is 22.1 Å². The van der Waals surface area contributed by atoms with Crippen LogP contribution in [-0.2, 0) is 4.74 Å². The molecule has 0 aromatic heterocycles. The van der Waals surface area contributed by atoms with Crippen molar-refractivity contribution in [1.29, 1.82) is 0 Å². The van der Waals surface area contributed by atoms with E-state index < -0.39 is 16.6 Å². The lowest BCUT2D eigenvalue weighted by molar-refractivity contribution is -0.384. The lowest BCUT2D eigenvalue weighted by atomic mass is 10.1. The first-order valence-corrected chi connectivity index (χ1v) is 6.89. The molecule has 0 saturated carbocycles. The Hall–Kier alpha value is -1.33. The van der Waals surface area contributed by atoms with E-state index in [-0.39, 0.29) is 22.2 Å². The number of carbonyl (C=O) groups is 1. The van der Waals surface area contributed by atoms with Crippen molar-refractivity contribution in [2.75, 3.05) is 6.61 Å². The van der Waals surface area contributed by atoms with Crippen molar-refractivity contribution in [1.82, 2.24) is 0 Å². The summed E-state index contributed by atoms with van der Waals surface area (Å²) in [6, 6.07) is 2.33. The van der Waals surface area contributed by atoms with Crippen LogP contribution in [0.4, 0.5) is 5.69 Å². The second kappa shape index (κ2) is 7.45. The lowest BCUT2D eigenvalue weighted by Crippen LogP contribution is -2.08. The molecule has 0 amide bonds. The fourth-order valence-corrected chi connectivity index (χ4v) is 1.96. The predicted octanol–water partition coefficient (Wildman–Crippen LogP) is 4.49. The number of carbonyl (C=O) groups excluding carboxylic acids is 1. The third-order valence-electron chi connectivity index (χ3n) is 2.60. The number of halogens is 2. The van der Waals surface area contributed by atoms with Gasteiger partial charge in [-0.15, -0.1) is 0 Å². The van der Waals surface area contributed by atoms with E-state index in [9.17, 15) is 14.9 Å². The third-order valence-corrected chi connectivity index (χ3v) is 3.39. The highest BCUT2D eigenvalue weighted by Crippen LogP contribution is 2.33. The van der Waals surface area contributed by atoms with Crippen LogP contribution < -0.4 is 0 Å². The molecule has 7 heteroatoms. The van der Waals surface area contributed by atoms with E-state index in [0.29, 0.717) is 5.92 Å². The molecular formula is C13H15Cl2NO4. The Labute approximate surface area is 127 Å². The number of hydrogen-bond donors (Lipinski definition) is 0. The van der Waals surface area contributed by atoms with Gasteiger partial charge in [0.2, 0.25) is 0 Å². The first-order valence-electron chi connectivity index (χ1n) is 6.13. The molecule has 0 fully saturated rings. The first-order chi connectivity index (χ1) is 9.32. The Morgan fingerprint density at radius 2 is 2.05 bits per heavy atom. The molecule has 110 valence electrons. The Kier molecular flexibility index (Phi) is 6.23. The van der Waals surface area contributed by atoms with Crippen LogP contribution in [0.15, 0.2) is 12.1 Å². The molecule has 0 unspecified atom stereocenters. The fourth-order valence-electron chi connectivity index (χ4n) is 1.57. The minimum Gasteiger partial charge on any atom is -0.462 e. The van der Waals surface area contributed by atoms with Gasteiger partial charge in [-0.2, -0.15) is 0 Å². The highest BCUT2D eigenvalue weighted by atomic mass is 35.5. The summed E-state index contributed by atoms with van der Waals surface area (Å²) in [7, 11) is 0. The number of ether oxygens (including phenoxy) is 1. The topological polar surface area (TPSA) is 69.4 Å². The zero-order valence-corrected chi connectivity index (χ0v) is 12.7. The molecule has 0 N–H and O–H groups in total. The van der Waals surface area contributed by atoms with Crippen LogP contribution in [0.2, 0.25) is 10.0 Å². The van der Waals surface area contributed by atoms with Gasteiger partial charge in [0, 0.05) is 6.07 Å². The molecule has 0 radical (unpaired) electrons. The Morgan fingerprint density at radius 1 is 1.40 bits per heavy atom. The Bertz CT molecular complexity index is 517. The van der Waals surface area contributed by atoms with Crippen LogP contribution in [0, 0.1) is 16.0 Å². The Balaban J connectivity index is 2.76. The number of nitro groups is 1. The van der Waals surface area contributed by atoms with Crippen molar-refractivity contribution < 1.29 is 14.5 Å². The molecule has 1 rings (SSSR count). The largest absolute Gasteiger partial charge is 0.462 e. The van der Waals surface area contributed by atoms with Gasteiger partial charge >= 0.3 is 5.97 Å². The van der Waals surface area contributed by atoms with Crippen LogP contribution in [0.5, 0.6) is 0 Å². The van der Waals surface area contributed by atoms with E-state index in [1.54, 1.807) is 0 Å². The first kappa shape index (κ1) is 16.7. The van der Waals surface area contributed by atoms with Gasteiger partial charge in [-0.3, -0.25) is 10.1 Å². The highest BCUT2D eigenvalue weighted by molar-refractivity contribution is 6.43. The maximum absolute atomic E-state index is 11.8. The van der Waals surface area contributed by atoms with E-state index in [4.69, 9.17) is 27.9 Å². The summed E-state index contributed by atoms with van der Waals surface area (Å²) >= 11 is 11.5. The van der Waals surface area contributed by atoms with Crippen LogP contribution in [-0.4, -0.2) is 17.5 Å². The zero-order chi connectivity index (χ0) is 15.3. The number of benzene rings is 1. The fraction of sp³-hybridized carbons (Fsp3) is 0.462. The SMILES string of the molecule is CC(C)CCCOC(=O)c1cc(Cl)c(Cl)c([N+](=O)[O-])c1. The summed E-state index contributed by atoms with van der Waals surface area (Å²) in [5.74, 6) is -0.116. The van der Waals surface area contributed by atoms with Crippen molar-refractivity contribution in [2.24, 2.45) is 5.92 Å². The summed E-state index contributed by atoms with van der Waals surface area (Å²) in [5, 5.41) is 10.6. The van der Waals surface area contributed by atoms with Crippen molar-refractivity contribution in [3.63, 3.8) is 0 Å². The molecule has 1 aromatic carbocycles. The molecule has 0 aliphatic heterocycles. The highest BCUT2D eigenvalue weighted by Gasteiger charge is 2.20. The molecule has 1 aromatic rings. The van der Waals surface area contributed by atoms with Crippen molar-refractivity contribution in [3.05, 3.63) is 37.9 Å². The van der Waals surface area contributed by atoms with Gasteiger partial charge in [-0.25, -0.2) is 4.79 Å². The van der Waals surface area contributed by atoms with Gasteiger partial charge < -0.3 is 4.74 Å². The van der Waals surface area contributed by atoms with Crippen molar-refractivity contribution >= 4 is 34.9 Å². The monoisotopic (exact) mass is 319 g/mol. The summed E-state index contributed by atoms with van der Waals surface area (Å²) in [6.45, 7) is 4.42. The van der Waals surface area contributed by atoms with E-state index in [2.05, 4.69) is 13.8 Å². The van der Waals surface area contributed by atoms with Gasteiger partial charge in [0.1, 0.15) is 5.02 Å². The van der Waals surface area contributed by atoms with Crippen LogP contribution >= 0.6 is 23.2 Å². The molecule has 0 heterocycles. The third kappa shape index (κ3) is 4.65. The molecule has 0 spiro atoms. The maximum atomic E-state index is 11.8. The zero-order valence-electron chi connectivity index (χ0n) is 11.2. The number of hydrogen-bond acceptors (Lipinski definition) is 4. The average Bonchev–Trinajstić information content (AvgIpc) is 2.36. The number of nitrogens with zero attached hydrogens (tertiary/aromatic N) is 1. The molecule has 0 atom stereocenters. The summed E-state index contributed by atoms with van der Waals surface area (Å²) in [4.78, 5) is 21.9. The van der Waals surface area contributed by atoms with Crippen molar-refractivity contribution in [2.45, 2.75) is 26.7 Å². The minimum atomic E-state index is -0.691. The lowest BCUT2D eigenvalue weighted by Gasteiger charge is -2.07. The molecule has 0 aliphatic rings. The number of esters is 1. The smallest absolute Gasteiger partial charge is 0.338 e. The maximum Gasteiger partial charge on any atom is 0.338 e. The molecule has 0 bridgehead atoms. The van der Waals surface area contributed by atoms with E-state index >= 15 is 0 Å². The normalized spacial score (nSPS) is 10.7. The molecule has 0 saturated heterocycles. The molecule has 5 nitrogen and oxygen atoms in total. The van der Waals surface area contributed by atoms with Gasteiger partial charge in [-0.1, -0.05) is 37.0 Å². The van der Waals surface area contributed by atoms with Crippen LogP contribution in [0.3, 0.4) is 0 Å². The van der Waals surface area contributed by atoms with E-state index in [1.165, 1.54) is 6.07 Å². The number of nitro benzene ring substituents is 1. The Morgan fingerprint density at radius 3 is 2.60 bits per heavy atom. The van der Waals surface area contributed by atoms with Gasteiger partial charge in [0.25, 0.3) is 5.69 Å². The molecule has 20 heavy (non-hydrogen) atoms. The van der Waals surface area contributed by atoms with Crippen molar-refractivity contribution in [3.8, 4) is 0 Å². The summed E-state index contributed by atoms with van der Waals surface area (Å²) < 4.78 is 5.04. The van der Waals surface area contributed by atoms with E-state index in [0.717, 1.165) is 18.9 Å². The molecule has 0 aliphatic carbocycles. The minimum absolute atomic E-state index is 0.0237. The van der Waals surface area contributed by atoms with Gasteiger partial charge in [0.15, 0.2) is 0 Å². The quantitative estimate of drug-likeness (QED) is 0.335. The van der Waals surface area contributed by atoms with E-state index in [1.807, 2.05) is 0 Å². The predicted molar refractivity (Wildman–Crippen MR) is 77.5 cm³/mol. The van der Waals surface area contributed by atoms with Crippen LogP contribution in [0.1, 0.15) is 37.0 Å². The number of rotatable bonds is 6. The average molecular weight is 320 g/mol. The van der Waals surface area contributed by atoms with Crippen LogP contribution in [0.25, 0.3) is 0 Å². The van der Waals surface area contributed by atoms with Gasteiger partial charge in [-0.05, 0) is 24.8 Å². The second-order valence-corrected chi connectivity index (χ2v) is 5.51.